The summed E-state index contributed by atoms with van der Waals surface area (Å²) in [4.78, 5) is 0. The number of nitrogens with one attached hydrogen (secondary N) is 1. The molecule has 0 spiro atoms. The highest BCUT2D eigenvalue weighted by molar-refractivity contribution is 7.88. The van der Waals surface area contributed by atoms with Gasteiger partial charge in [-0.05, 0) is 25.0 Å². The summed E-state index contributed by atoms with van der Waals surface area (Å²) in [5.74, 6) is -0.181. The Morgan fingerprint density at radius 3 is 2.56 bits per heavy atom. The number of aliphatic hydroxyl groups is 1. The molecule has 18 heavy (non-hydrogen) atoms. The number of para-hydroxylation sites is 1. The molecular weight excluding hydrogens is 252 g/mol. The van der Waals surface area contributed by atoms with Crippen LogP contribution in [-0.2, 0) is 15.8 Å². The lowest BCUT2D eigenvalue weighted by Crippen LogP contribution is -2.40. The highest BCUT2D eigenvalue weighted by Crippen LogP contribution is 2.14. The summed E-state index contributed by atoms with van der Waals surface area (Å²) in [5.41, 5.74) is 5.67. The molecule has 0 saturated carbocycles. The van der Waals surface area contributed by atoms with Crippen molar-refractivity contribution >= 4 is 15.7 Å². The van der Waals surface area contributed by atoms with E-state index in [1.54, 1.807) is 38.1 Å². The molecular formula is C12H20N2O3S. The lowest BCUT2D eigenvalue weighted by atomic mass is 10.1. The molecule has 4 N–H and O–H groups in total. The summed E-state index contributed by atoms with van der Waals surface area (Å²) >= 11 is 0. The molecule has 0 bridgehead atoms. The monoisotopic (exact) mass is 272 g/mol. The molecule has 0 saturated heterocycles. The number of nitrogens with two attached hydrogens (primary N) is 1. The van der Waals surface area contributed by atoms with Crippen molar-refractivity contribution in [1.82, 2.24) is 4.72 Å². The van der Waals surface area contributed by atoms with Gasteiger partial charge in [-0.1, -0.05) is 25.1 Å². The number of hydrogen-bond acceptors (Lipinski definition) is 4. The lowest BCUT2D eigenvalue weighted by molar-refractivity contribution is 0.0613. The van der Waals surface area contributed by atoms with Crippen LogP contribution >= 0.6 is 0 Å². The topological polar surface area (TPSA) is 92.4 Å². The lowest BCUT2D eigenvalue weighted by Gasteiger charge is -2.21. The molecule has 0 aliphatic carbocycles. The second-order valence-electron chi connectivity index (χ2n) is 4.63. The van der Waals surface area contributed by atoms with Gasteiger partial charge in [0.1, 0.15) is 0 Å². The van der Waals surface area contributed by atoms with E-state index in [0.29, 0.717) is 17.7 Å². The van der Waals surface area contributed by atoms with Crippen molar-refractivity contribution < 1.29 is 13.5 Å². The molecule has 0 amide bonds. The number of sulfonamides is 1. The van der Waals surface area contributed by atoms with Crippen LogP contribution in [0.1, 0.15) is 25.8 Å². The minimum atomic E-state index is -3.49. The first kappa shape index (κ1) is 14.9. The van der Waals surface area contributed by atoms with E-state index < -0.39 is 15.6 Å². The quantitative estimate of drug-likeness (QED) is 0.669. The molecule has 1 aromatic carbocycles. The van der Waals surface area contributed by atoms with Gasteiger partial charge < -0.3 is 10.8 Å². The minimum absolute atomic E-state index is 0.00142. The van der Waals surface area contributed by atoms with Crippen LogP contribution in [0.4, 0.5) is 5.69 Å². The van der Waals surface area contributed by atoms with Gasteiger partial charge >= 0.3 is 0 Å². The molecule has 0 aliphatic heterocycles. The largest absolute Gasteiger partial charge is 0.398 e. The van der Waals surface area contributed by atoms with Crippen molar-refractivity contribution in [2.45, 2.75) is 31.6 Å². The van der Waals surface area contributed by atoms with Crippen LogP contribution in [0.25, 0.3) is 0 Å². The van der Waals surface area contributed by atoms with Gasteiger partial charge in [0.05, 0.1) is 11.4 Å². The molecule has 0 aliphatic rings. The molecule has 0 aromatic heterocycles. The fraction of sp³-hybridized carbons (Fsp3) is 0.500. The van der Waals surface area contributed by atoms with Gasteiger partial charge in [0.15, 0.2) is 0 Å². The van der Waals surface area contributed by atoms with Crippen molar-refractivity contribution in [2.24, 2.45) is 0 Å². The van der Waals surface area contributed by atoms with Crippen LogP contribution in [0.2, 0.25) is 0 Å². The number of nitrogen functional groups attached to an aromatic ring is 1. The van der Waals surface area contributed by atoms with Gasteiger partial charge in [-0.25, -0.2) is 13.1 Å². The van der Waals surface area contributed by atoms with E-state index in [4.69, 9.17) is 5.73 Å². The van der Waals surface area contributed by atoms with E-state index in [1.807, 2.05) is 0 Å². The number of anilines is 1. The Labute approximate surface area is 108 Å². The zero-order valence-electron chi connectivity index (χ0n) is 10.7. The van der Waals surface area contributed by atoms with Crippen molar-refractivity contribution in [3.05, 3.63) is 29.8 Å². The Bertz CT molecular complexity index is 498. The van der Waals surface area contributed by atoms with Crippen molar-refractivity contribution in [2.75, 3.05) is 12.3 Å². The molecule has 1 aromatic rings. The molecule has 1 unspecified atom stereocenters. The van der Waals surface area contributed by atoms with Crippen LogP contribution in [0.15, 0.2) is 24.3 Å². The van der Waals surface area contributed by atoms with Gasteiger partial charge in [-0.3, -0.25) is 0 Å². The molecule has 0 radical (unpaired) electrons. The predicted octanol–water partition coefficient (Wildman–Crippen LogP) is 0.849. The second kappa shape index (κ2) is 5.69. The molecule has 0 heterocycles. The molecule has 1 atom stereocenters. The first-order chi connectivity index (χ1) is 8.26. The van der Waals surface area contributed by atoms with E-state index in [0.717, 1.165) is 0 Å². The highest BCUT2D eigenvalue weighted by Gasteiger charge is 2.21. The Morgan fingerprint density at radius 2 is 2.00 bits per heavy atom. The summed E-state index contributed by atoms with van der Waals surface area (Å²) in [6.07, 6.45) is 0.475. The molecule has 0 fully saturated rings. The SMILES string of the molecule is CCC(C)(O)CNS(=O)(=O)Cc1ccccc1N. The summed E-state index contributed by atoms with van der Waals surface area (Å²) in [6, 6.07) is 6.82. The molecule has 5 nitrogen and oxygen atoms in total. The summed E-state index contributed by atoms with van der Waals surface area (Å²) in [5, 5.41) is 9.76. The molecule has 6 heteroatoms. The average molecular weight is 272 g/mol. The Kier molecular flexibility index (Phi) is 4.72. The first-order valence-electron chi connectivity index (χ1n) is 5.79. The summed E-state index contributed by atoms with van der Waals surface area (Å²) in [6.45, 7) is 3.38. The van der Waals surface area contributed by atoms with Crippen molar-refractivity contribution in [1.29, 1.82) is 0 Å². The van der Waals surface area contributed by atoms with Crippen molar-refractivity contribution in [3.63, 3.8) is 0 Å². The van der Waals surface area contributed by atoms with E-state index in [9.17, 15) is 13.5 Å². The van der Waals surface area contributed by atoms with Gasteiger partial charge in [0.25, 0.3) is 0 Å². The Balaban J connectivity index is 2.69. The van der Waals surface area contributed by atoms with Crippen LogP contribution in [0.3, 0.4) is 0 Å². The van der Waals surface area contributed by atoms with Crippen molar-refractivity contribution in [3.8, 4) is 0 Å². The number of rotatable bonds is 6. The standard InChI is InChI=1S/C12H20N2O3S/c1-3-12(2,15)9-14-18(16,17)8-10-6-4-5-7-11(10)13/h4-7,14-15H,3,8-9,13H2,1-2H3. The van der Waals surface area contributed by atoms with Crippen LogP contribution < -0.4 is 10.5 Å². The highest BCUT2D eigenvalue weighted by atomic mass is 32.2. The zero-order valence-corrected chi connectivity index (χ0v) is 11.5. The maximum absolute atomic E-state index is 11.8. The van der Waals surface area contributed by atoms with Gasteiger partial charge in [0.2, 0.25) is 10.0 Å². The minimum Gasteiger partial charge on any atom is -0.398 e. The van der Waals surface area contributed by atoms with E-state index in [2.05, 4.69) is 4.72 Å². The predicted molar refractivity (Wildman–Crippen MR) is 72.4 cm³/mol. The second-order valence-corrected chi connectivity index (χ2v) is 6.44. The van der Waals surface area contributed by atoms with Crippen LogP contribution in [-0.4, -0.2) is 25.7 Å². The van der Waals surface area contributed by atoms with E-state index >= 15 is 0 Å². The van der Waals surface area contributed by atoms with Crippen LogP contribution in [0.5, 0.6) is 0 Å². The molecule has 1 rings (SSSR count). The summed E-state index contributed by atoms with van der Waals surface area (Å²) < 4.78 is 26.1. The maximum atomic E-state index is 11.8. The van der Waals surface area contributed by atoms with Crippen LogP contribution in [0, 0.1) is 0 Å². The third-order valence-corrected chi connectivity index (χ3v) is 4.11. The Morgan fingerprint density at radius 1 is 1.39 bits per heavy atom. The first-order valence-corrected chi connectivity index (χ1v) is 7.44. The normalized spacial score (nSPS) is 15.3. The molecule has 102 valence electrons. The van der Waals surface area contributed by atoms with E-state index in [1.165, 1.54) is 0 Å². The van der Waals surface area contributed by atoms with Gasteiger partial charge in [-0.2, -0.15) is 0 Å². The zero-order chi connectivity index (χ0) is 13.8. The van der Waals surface area contributed by atoms with E-state index in [-0.39, 0.29) is 12.3 Å². The number of hydrogen-bond donors (Lipinski definition) is 3. The van der Waals surface area contributed by atoms with Gasteiger partial charge in [0, 0.05) is 12.2 Å². The fourth-order valence-corrected chi connectivity index (χ4v) is 2.62. The Hall–Kier alpha value is -1.11. The average Bonchev–Trinajstić information content (AvgIpc) is 2.30. The smallest absolute Gasteiger partial charge is 0.215 e. The third kappa shape index (κ3) is 4.64. The third-order valence-electron chi connectivity index (χ3n) is 2.84. The number of benzene rings is 1. The summed E-state index contributed by atoms with van der Waals surface area (Å²) in [7, 11) is -3.49. The maximum Gasteiger partial charge on any atom is 0.215 e. The fourth-order valence-electron chi connectivity index (χ4n) is 1.31. The van der Waals surface area contributed by atoms with Gasteiger partial charge in [-0.15, -0.1) is 0 Å².